The van der Waals surface area contributed by atoms with Crippen molar-refractivity contribution in [3.05, 3.63) is 93.2 Å². The fourth-order valence-corrected chi connectivity index (χ4v) is 4.28. The van der Waals surface area contributed by atoms with Gasteiger partial charge in [0.05, 0.1) is 16.1 Å². The number of nitrogens with zero attached hydrogens (tertiary/aromatic N) is 1. The standard InChI is InChI=1S/C25H22Cl2FN3O2/c26-17-5-9-20(22(27)13-17)25(33)30-19-8-10-23(31-11-1-2-12-31)21(14-19)24(32)29-15-16-3-6-18(28)7-4-16/h3-10,13-14H,1-2,11-12,15H2,(H,29,32)(H,30,33). The van der Waals surface area contributed by atoms with Crippen molar-refractivity contribution in [3.63, 3.8) is 0 Å². The van der Waals surface area contributed by atoms with Crippen LogP contribution in [0.4, 0.5) is 15.8 Å². The normalized spacial score (nSPS) is 13.1. The molecule has 1 fully saturated rings. The SMILES string of the molecule is O=C(Nc1ccc(N2CCCC2)c(C(=O)NCc2ccc(F)cc2)c1)c1ccc(Cl)cc1Cl. The van der Waals surface area contributed by atoms with Crippen LogP contribution in [0.5, 0.6) is 0 Å². The summed E-state index contributed by atoms with van der Waals surface area (Å²) in [5.41, 5.74) is 2.81. The Balaban J connectivity index is 1.56. The summed E-state index contributed by atoms with van der Waals surface area (Å²) in [5.74, 6) is -1.00. The highest BCUT2D eigenvalue weighted by Crippen LogP contribution is 2.29. The third-order valence-electron chi connectivity index (χ3n) is 5.49. The average Bonchev–Trinajstić information content (AvgIpc) is 3.33. The van der Waals surface area contributed by atoms with Crippen LogP contribution in [0, 0.1) is 5.82 Å². The second-order valence-corrected chi connectivity index (χ2v) is 8.66. The smallest absolute Gasteiger partial charge is 0.257 e. The van der Waals surface area contributed by atoms with Crippen LogP contribution in [0.15, 0.2) is 60.7 Å². The minimum absolute atomic E-state index is 0.242. The number of amides is 2. The Labute approximate surface area is 201 Å². The topological polar surface area (TPSA) is 61.4 Å². The van der Waals surface area contributed by atoms with Gasteiger partial charge in [-0.1, -0.05) is 35.3 Å². The van der Waals surface area contributed by atoms with Gasteiger partial charge in [-0.2, -0.15) is 0 Å². The van der Waals surface area contributed by atoms with Crippen molar-refractivity contribution in [2.45, 2.75) is 19.4 Å². The van der Waals surface area contributed by atoms with Crippen molar-refractivity contribution in [2.75, 3.05) is 23.3 Å². The molecule has 170 valence electrons. The molecule has 4 rings (SSSR count). The van der Waals surface area contributed by atoms with Crippen LogP contribution < -0.4 is 15.5 Å². The van der Waals surface area contributed by atoms with Crippen LogP contribution in [0.2, 0.25) is 10.0 Å². The summed E-state index contributed by atoms with van der Waals surface area (Å²) in [6.45, 7) is 1.99. The molecule has 2 N–H and O–H groups in total. The Hall–Kier alpha value is -3.09. The molecule has 33 heavy (non-hydrogen) atoms. The predicted molar refractivity (Wildman–Crippen MR) is 130 cm³/mol. The third kappa shape index (κ3) is 5.64. The van der Waals surface area contributed by atoms with E-state index in [1.807, 2.05) is 6.07 Å². The van der Waals surface area contributed by atoms with Crippen molar-refractivity contribution in [1.29, 1.82) is 0 Å². The molecule has 0 atom stereocenters. The molecule has 0 radical (unpaired) electrons. The molecule has 0 spiro atoms. The third-order valence-corrected chi connectivity index (χ3v) is 6.04. The van der Waals surface area contributed by atoms with Crippen molar-refractivity contribution >= 4 is 46.4 Å². The van der Waals surface area contributed by atoms with Crippen molar-refractivity contribution in [2.24, 2.45) is 0 Å². The Bertz CT molecular complexity index is 1180. The van der Waals surface area contributed by atoms with Crippen LogP contribution in [-0.2, 0) is 6.54 Å². The van der Waals surface area contributed by atoms with Crippen molar-refractivity contribution < 1.29 is 14.0 Å². The summed E-state index contributed by atoms with van der Waals surface area (Å²) in [5, 5.41) is 6.37. The summed E-state index contributed by atoms with van der Waals surface area (Å²) in [4.78, 5) is 28.0. The molecule has 0 saturated carbocycles. The number of carbonyl (C=O) groups is 2. The van der Waals surface area contributed by atoms with E-state index in [2.05, 4.69) is 15.5 Å². The van der Waals surface area contributed by atoms with Gasteiger partial charge in [-0.25, -0.2) is 4.39 Å². The number of hydrogen-bond donors (Lipinski definition) is 2. The molecule has 1 aliphatic rings. The lowest BCUT2D eigenvalue weighted by atomic mass is 10.1. The van der Waals surface area contributed by atoms with E-state index in [9.17, 15) is 14.0 Å². The molecule has 0 aliphatic carbocycles. The highest BCUT2D eigenvalue weighted by Gasteiger charge is 2.21. The van der Waals surface area contributed by atoms with Gasteiger partial charge in [0.1, 0.15) is 5.82 Å². The number of anilines is 2. The first-order valence-corrected chi connectivity index (χ1v) is 11.3. The molecular formula is C25H22Cl2FN3O2. The quantitative estimate of drug-likeness (QED) is 0.455. The maximum Gasteiger partial charge on any atom is 0.257 e. The molecular weight excluding hydrogens is 464 g/mol. The molecule has 5 nitrogen and oxygen atoms in total. The van der Waals surface area contributed by atoms with E-state index in [1.54, 1.807) is 36.4 Å². The monoisotopic (exact) mass is 485 g/mol. The second kappa shape index (κ2) is 10.2. The van der Waals surface area contributed by atoms with E-state index in [4.69, 9.17) is 23.2 Å². The van der Waals surface area contributed by atoms with E-state index >= 15 is 0 Å². The summed E-state index contributed by atoms with van der Waals surface area (Å²) >= 11 is 12.1. The van der Waals surface area contributed by atoms with Gasteiger partial charge < -0.3 is 15.5 Å². The molecule has 0 aromatic heterocycles. The summed E-state index contributed by atoms with van der Waals surface area (Å²) in [6.07, 6.45) is 2.12. The van der Waals surface area contributed by atoms with Crippen LogP contribution in [-0.4, -0.2) is 24.9 Å². The molecule has 1 heterocycles. The highest BCUT2D eigenvalue weighted by atomic mass is 35.5. The van der Waals surface area contributed by atoms with E-state index in [0.29, 0.717) is 16.3 Å². The van der Waals surface area contributed by atoms with Crippen LogP contribution >= 0.6 is 23.2 Å². The van der Waals surface area contributed by atoms with Gasteiger partial charge >= 0.3 is 0 Å². The Morgan fingerprint density at radius 3 is 2.30 bits per heavy atom. The first kappa shape index (κ1) is 23.1. The van der Waals surface area contributed by atoms with Gasteiger partial charge in [0.2, 0.25) is 0 Å². The predicted octanol–water partition coefficient (Wildman–Crippen LogP) is 5.92. The fourth-order valence-electron chi connectivity index (χ4n) is 3.78. The second-order valence-electron chi connectivity index (χ2n) is 7.81. The van der Waals surface area contributed by atoms with E-state index < -0.39 is 5.91 Å². The number of hydrogen-bond acceptors (Lipinski definition) is 3. The highest BCUT2D eigenvalue weighted by molar-refractivity contribution is 6.37. The minimum atomic E-state index is -0.400. The Morgan fingerprint density at radius 1 is 0.879 bits per heavy atom. The van der Waals surface area contributed by atoms with Crippen LogP contribution in [0.25, 0.3) is 0 Å². The fraction of sp³-hybridized carbons (Fsp3) is 0.200. The largest absolute Gasteiger partial charge is 0.371 e. The van der Waals surface area contributed by atoms with Gasteiger partial charge in [-0.3, -0.25) is 9.59 Å². The first-order chi connectivity index (χ1) is 15.9. The van der Waals surface area contributed by atoms with Crippen LogP contribution in [0.3, 0.4) is 0 Å². The van der Waals surface area contributed by atoms with Gasteiger partial charge in [-0.05, 0) is 66.9 Å². The average molecular weight is 486 g/mol. The summed E-state index contributed by atoms with van der Waals surface area (Å²) in [6, 6.07) is 15.9. The maximum atomic E-state index is 13.1. The zero-order valence-corrected chi connectivity index (χ0v) is 19.2. The molecule has 3 aromatic rings. The summed E-state index contributed by atoms with van der Waals surface area (Å²) in [7, 11) is 0. The molecule has 0 bridgehead atoms. The molecule has 8 heteroatoms. The van der Waals surface area contributed by atoms with Gasteiger partial charge in [0.15, 0.2) is 0 Å². The number of rotatable bonds is 6. The zero-order chi connectivity index (χ0) is 23.4. The lowest BCUT2D eigenvalue weighted by Gasteiger charge is -2.22. The number of nitrogens with one attached hydrogen (secondary N) is 2. The van der Waals surface area contributed by atoms with Gasteiger partial charge in [0, 0.05) is 36.0 Å². The molecule has 1 saturated heterocycles. The van der Waals surface area contributed by atoms with E-state index in [-0.39, 0.29) is 28.9 Å². The van der Waals surface area contributed by atoms with E-state index in [1.165, 1.54) is 18.2 Å². The Morgan fingerprint density at radius 2 is 1.61 bits per heavy atom. The molecule has 0 unspecified atom stereocenters. The molecule has 2 amide bonds. The molecule has 3 aromatic carbocycles. The van der Waals surface area contributed by atoms with E-state index in [0.717, 1.165) is 37.2 Å². The van der Waals surface area contributed by atoms with Gasteiger partial charge in [-0.15, -0.1) is 0 Å². The number of benzene rings is 3. The Kier molecular flexibility index (Phi) is 7.16. The van der Waals surface area contributed by atoms with Gasteiger partial charge in [0.25, 0.3) is 11.8 Å². The lowest BCUT2D eigenvalue weighted by molar-refractivity contribution is 0.0950. The van der Waals surface area contributed by atoms with Crippen molar-refractivity contribution in [3.8, 4) is 0 Å². The minimum Gasteiger partial charge on any atom is -0.371 e. The van der Waals surface area contributed by atoms with Crippen LogP contribution in [0.1, 0.15) is 39.1 Å². The summed E-state index contributed by atoms with van der Waals surface area (Å²) < 4.78 is 13.1. The maximum absolute atomic E-state index is 13.1. The number of halogens is 3. The van der Waals surface area contributed by atoms with Crippen molar-refractivity contribution in [1.82, 2.24) is 5.32 Å². The molecule has 1 aliphatic heterocycles. The first-order valence-electron chi connectivity index (χ1n) is 10.6. The lowest BCUT2D eigenvalue weighted by Crippen LogP contribution is -2.27. The number of carbonyl (C=O) groups excluding carboxylic acids is 2. The zero-order valence-electron chi connectivity index (χ0n) is 17.7.